The highest BCUT2D eigenvalue weighted by atomic mass is 31.2. The minimum Gasteiger partial charge on any atom is -0.387 e. The normalized spacial score (nSPS) is 32.2. The molecule has 0 spiro atoms. The molecule has 3 saturated heterocycles. The molecule has 0 radical (unpaired) electrons. The highest BCUT2D eigenvalue weighted by molar-refractivity contribution is 7.47. The van der Waals surface area contributed by atoms with Crippen molar-refractivity contribution < 1.29 is 85.6 Å². The number of phosphoric acid groups is 2. The first-order chi connectivity index (χ1) is 29.2. The SMILES string of the molecule is Nc1ccn([C@@H]2O[C@H](COP(=O)(O)O[C@H]3[C@@H](O)[C@H](n4ccc(=O)[nH]c4=O)O[C@@H]3COP(=O)(O)O[C@H]3[C@@H](O)[C@H](n4cnc5c(N)ncnc54)O[C@@H]3CO[P+](=O)O)[C@@H](O)[C@H]2O)c(=O)n1. The fourth-order valence-corrected chi connectivity index (χ4v) is 8.87. The molecule has 0 aromatic carbocycles. The van der Waals surface area contributed by atoms with Gasteiger partial charge in [0.05, 0.1) is 19.5 Å². The van der Waals surface area contributed by atoms with Gasteiger partial charge in [-0.3, -0.25) is 41.6 Å². The molecule has 31 nitrogen and oxygen atoms in total. The Hall–Kier alpha value is -4.33. The smallest absolute Gasteiger partial charge is 0.387 e. The summed E-state index contributed by atoms with van der Waals surface area (Å²) in [5.41, 5.74) is 8.49. The molecule has 34 heteroatoms. The average Bonchev–Trinajstić information content (AvgIpc) is 3.92. The summed E-state index contributed by atoms with van der Waals surface area (Å²) < 4.78 is 82.8. The van der Waals surface area contributed by atoms with Crippen LogP contribution in [0.15, 0.2) is 51.6 Å². The topological polar surface area (TPSA) is 452 Å². The van der Waals surface area contributed by atoms with Gasteiger partial charge in [0.1, 0.15) is 79.2 Å². The summed E-state index contributed by atoms with van der Waals surface area (Å²) in [6.45, 7) is -2.95. The molecule has 3 fully saturated rings. The molecule has 15 atom stereocenters. The number of hydrogen-bond acceptors (Lipinski definition) is 24. The molecule has 0 aliphatic carbocycles. The van der Waals surface area contributed by atoms with E-state index in [2.05, 4.69) is 19.9 Å². The molecule has 12 N–H and O–H groups in total. The number of aromatic nitrogens is 8. The number of anilines is 2. The molecular formula is C28H36N10O21P3+. The number of imidazole rings is 1. The number of aliphatic hydroxyl groups is 4. The number of ether oxygens (including phenoxy) is 3. The largest absolute Gasteiger partial charge is 0.694 e. The Bertz CT molecular complexity index is 2580. The van der Waals surface area contributed by atoms with Crippen molar-refractivity contribution in [1.82, 2.24) is 38.6 Å². The zero-order chi connectivity index (χ0) is 44.8. The number of nitrogen functional groups attached to an aromatic ring is 2. The van der Waals surface area contributed by atoms with Crippen LogP contribution in [0.4, 0.5) is 11.6 Å². The summed E-state index contributed by atoms with van der Waals surface area (Å²) >= 11 is 0. The van der Waals surface area contributed by atoms with Crippen molar-refractivity contribution >= 4 is 46.7 Å². The van der Waals surface area contributed by atoms with Crippen LogP contribution >= 0.6 is 23.9 Å². The van der Waals surface area contributed by atoms with Crippen LogP contribution in [0.3, 0.4) is 0 Å². The van der Waals surface area contributed by atoms with Gasteiger partial charge >= 0.3 is 35.3 Å². The number of fused-ring (bicyclic) bond motifs is 1. The standard InChI is InChI=1S/C28H35N10O21P3/c29-13-1-3-36(27(44)34-13)24-17(41)16(40)10(55-24)6-53-61(48,49)59-21-12(57-25(18(21)42)37-4-2-14(39)35-28(37)45)7-54-62(50,51)58-20-11(5-52-60(46)47)56-26(19(20)43)38-9-33-15-22(30)31-8-32-23(15)38/h1-4,8-12,16-21,24-26,40-43H,5-7H2,(H7-,29,30,31,32,34,35,39,44,45,46,47,48,49,50,51)/p+1/t10-,11-,12-,16-,17-,18-,19-,20-,21-,24-,25-,26-/m1/s1. The van der Waals surface area contributed by atoms with Crippen LogP contribution in [0.5, 0.6) is 0 Å². The van der Waals surface area contributed by atoms with Crippen LogP contribution in [0.1, 0.15) is 18.7 Å². The van der Waals surface area contributed by atoms with E-state index < -0.39 is 134 Å². The Morgan fingerprint density at radius 3 is 1.94 bits per heavy atom. The first kappa shape index (κ1) is 45.7. The first-order valence-electron chi connectivity index (χ1n) is 17.6. The minimum atomic E-state index is -5.46. The second-order valence-electron chi connectivity index (χ2n) is 13.5. The minimum absolute atomic E-state index is 0.0418. The number of nitrogens with one attached hydrogen (secondary N) is 1. The van der Waals surface area contributed by atoms with Crippen LogP contribution in [0.25, 0.3) is 11.2 Å². The van der Waals surface area contributed by atoms with Crippen LogP contribution in [0, 0.1) is 0 Å². The van der Waals surface area contributed by atoms with Crippen molar-refractivity contribution in [3.63, 3.8) is 0 Å². The highest BCUT2D eigenvalue weighted by Crippen LogP contribution is 2.52. The lowest BCUT2D eigenvalue weighted by Gasteiger charge is -2.25. The molecule has 4 aromatic rings. The van der Waals surface area contributed by atoms with Crippen molar-refractivity contribution in [2.75, 3.05) is 31.3 Å². The quantitative estimate of drug-likeness (QED) is 0.0474. The van der Waals surface area contributed by atoms with Crippen LogP contribution in [0.2, 0.25) is 0 Å². The highest BCUT2D eigenvalue weighted by Gasteiger charge is 2.53. The molecule has 7 heterocycles. The van der Waals surface area contributed by atoms with Crippen molar-refractivity contribution in [3.8, 4) is 0 Å². The second-order valence-corrected chi connectivity index (χ2v) is 17.0. The Morgan fingerprint density at radius 1 is 0.758 bits per heavy atom. The number of phosphoric ester groups is 2. The molecule has 3 aliphatic rings. The molecule has 0 saturated carbocycles. The predicted molar refractivity (Wildman–Crippen MR) is 197 cm³/mol. The van der Waals surface area contributed by atoms with E-state index >= 15 is 0 Å². The maximum Gasteiger partial charge on any atom is 0.694 e. The summed E-state index contributed by atoms with van der Waals surface area (Å²) in [5, 5.41) is 43.6. The lowest BCUT2D eigenvalue weighted by molar-refractivity contribution is -0.0638. The van der Waals surface area contributed by atoms with E-state index in [1.165, 1.54) is 10.6 Å². The molecule has 3 unspecified atom stereocenters. The third kappa shape index (κ3) is 9.60. The number of rotatable bonds is 16. The van der Waals surface area contributed by atoms with Crippen LogP contribution in [-0.2, 0) is 50.5 Å². The molecular weight excluding hydrogens is 905 g/mol. The number of nitrogens with zero attached hydrogens (tertiary/aromatic N) is 7. The van der Waals surface area contributed by atoms with Crippen molar-refractivity contribution in [3.05, 3.63) is 68.5 Å². The third-order valence-electron chi connectivity index (χ3n) is 9.53. The van der Waals surface area contributed by atoms with Gasteiger partial charge in [-0.25, -0.2) is 33.7 Å². The van der Waals surface area contributed by atoms with E-state index in [1.54, 1.807) is 0 Å². The maximum absolute atomic E-state index is 13.5. The van der Waals surface area contributed by atoms with Crippen molar-refractivity contribution in [1.29, 1.82) is 0 Å². The fraction of sp³-hybridized carbons (Fsp3) is 0.536. The van der Waals surface area contributed by atoms with Crippen LogP contribution in [-0.4, -0.2) is 148 Å². The van der Waals surface area contributed by atoms with E-state index in [0.717, 1.165) is 35.7 Å². The number of hydrogen-bond donors (Lipinski definition) is 10. The third-order valence-corrected chi connectivity index (χ3v) is 11.9. The van der Waals surface area contributed by atoms with E-state index in [0.29, 0.717) is 4.57 Å². The molecule has 0 bridgehead atoms. The molecule has 0 amide bonds. The summed E-state index contributed by atoms with van der Waals surface area (Å²) in [6.07, 6.45) is -17.2. The summed E-state index contributed by atoms with van der Waals surface area (Å²) in [7, 11) is -14.1. The Labute approximate surface area is 344 Å². The van der Waals surface area contributed by atoms with E-state index in [-0.39, 0.29) is 22.8 Å². The van der Waals surface area contributed by atoms with Gasteiger partial charge in [0.15, 0.2) is 30.1 Å². The van der Waals surface area contributed by atoms with Gasteiger partial charge in [0.25, 0.3) is 5.56 Å². The van der Waals surface area contributed by atoms with E-state index in [9.17, 15) is 63.2 Å². The van der Waals surface area contributed by atoms with Gasteiger partial charge in [0.2, 0.25) is 0 Å². The van der Waals surface area contributed by atoms with Crippen molar-refractivity contribution in [2.24, 2.45) is 0 Å². The van der Waals surface area contributed by atoms with Crippen molar-refractivity contribution in [2.45, 2.75) is 73.6 Å². The molecule has 4 aromatic heterocycles. The van der Waals surface area contributed by atoms with Gasteiger partial charge in [-0.05, 0) is 6.07 Å². The number of aromatic amines is 1. The zero-order valence-electron chi connectivity index (χ0n) is 31.0. The summed E-state index contributed by atoms with van der Waals surface area (Å²) in [5.74, 6) is -0.196. The molecule has 3 aliphatic heterocycles. The fourth-order valence-electron chi connectivity index (χ4n) is 6.67. The summed E-state index contributed by atoms with van der Waals surface area (Å²) in [4.78, 5) is 84.8. The number of aliphatic hydroxyl groups excluding tert-OH is 4. The molecule has 62 heavy (non-hydrogen) atoms. The van der Waals surface area contributed by atoms with Gasteiger partial charge in [-0.15, -0.1) is 9.42 Å². The van der Waals surface area contributed by atoms with Gasteiger partial charge < -0.3 is 55.9 Å². The lowest BCUT2D eigenvalue weighted by atomic mass is 10.1. The second kappa shape index (κ2) is 18.0. The Kier molecular flexibility index (Phi) is 13.3. The average molecular weight is 942 g/mol. The predicted octanol–water partition coefficient (Wildman–Crippen LogP) is -4.40. The van der Waals surface area contributed by atoms with Gasteiger partial charge in [-0.2, -0.15) is 4.98 Å². The summed E-state index contributed by atoms with van der Waals surface area (Å²) in [6, 6.07) is 2.06. The monoisotopic (exact) mass is 941 g/mol. The number of H-pyrrole nitrogens is 1. The Balaban J connectivity index is 1.07. The van der Waals surface area contributed by atoms with Gasteiger partial charge in [-0.1, -0.05) is 0 Å². The number of nitrogens with two attached hydrogens (primary N) is 2. The van der Waals surface area contributed by atoms with Crippen LogP contribution < -0.4 is 28.4 Å². The van der Waals surface area contributed by atoms with E-state index in [4.69, 9.17) is 48.3 Å². The Morgan fingerprint density at radius 2 is 1.32 bits per heavy atom. The molecule has 338 valence electrons. The maximum atomic E-state index is 13.5. The molecule has 7 rings (SSSR count). The zero-order valence-corrected chi connectivity index (χ0v) is 33.7. The lowest BCUT2D eigenvalue weighted by Crippen LogP contribution is -2.39. The van der Waals surface area contributed by atoms with E-state index in [1.807, 2.05) is 4.98 Å². The van der Waals surface area contributed by atoms with Gasteiger partial charge in [0, 0.05) is 23.0 Å². The first-order valence-corrected chi connectivity index (χ1v) is 21.7.